The lowest BCUT2D eigenvalue weighted by molar-refractivity contribution is -0.114. The Morgan fingerprint density at radius 1 is 1.04 bits per heavy atom. The molecular weight excluding hydrogens is 435 g/mol. The molecule has 0 atom stereocenters. The zero-order chi connectivity index (χ0) is 20.0. The van der Waals surface area contributed by atoms with Gasteiger partial charge in [-0.1, -0.05) is 35.0 Å². The number of aryl methyl sites for hydroxylation is 2. The molecule has 3 aromatic rings. The average Bonchev–Trinajstić information content (AvgIpc) is 3.32. The minimum Gasteiger partial charge on any atom is -0.457 e. The van der Waals surface area contributed by atoms with E-state index in [-0.39, 0.29) is 5.91 Å². The summed E-state index contributed by atoms with van der Waals surface area (Å²) < 4.78 is 8.17. The van der Waals surface area contributed by atoms with Crippen molar-refractivity contribution in [2.75, 3.05) is 5.01 Å². The molecule has 4 rings (SSSR count). The largest absolute Gasteiger partial charge is 0.457 e. The number of carbonyl (C=O) groups excluding carboxylic acids is 1. The topological polar surface area (TPSA) is 38.4 Å². The Morgan fingerprint density at radius 3 is 2.43 bits per heavy atom. The molecule has 1 aliphatic heterocycles. The van der Waals surface area contributed by atoms with E-state index in [0.29, 0.717) is 30.8 Å². The van der Waals surface area contributed by atoms with E-state index in [1.54, 1.807) is 24.3 Å². The third kappa shape index (κ3) is 3.42. The number of halogens is 2. The van der Waals surface area contributed by atoms with Crippen molar-refractivity contribution in [3.8, 4) is 11.3 Å². The van der Waals surface area contributed by atoms with Crippen molar-refractivity contribution < 1.29 is 9.21 Å². The zero-order valence-electron chi connectivity index (χ0n) is 14.9. The molecule has 3 heterocycles. The molecule has 28 heavy (non-hydrogen) atoms. The Kier molecular flexibility index (Phi) is 5.14. The van der Waals surface area contributed by atoms with Gasteiger partial charge in [0, 0.05) is 23.0 Å². The van der Waals surface area contributed by atoms with Crippen LogP contribution < -0.4 is 5.01 Å². The number of nitrogens with zero attached hydrogens (tertiary/aromatic N) is 2. The molecule has 0 spiro atoms. The fourth-order valence-corrected chi connectivity index (χ4v) is 4.49. The van der Waals surface area contributed by atoms with Crippen LogP contribution in [-0.2, 0) is 4.79 Å². The standard InChI is InChI=1S/C20H14Cl2N2O2S2/c1-11-3-4-12(2)23(11)24-19(25)18(28-20(24)27)10-14-6-8-17(26-14)13-5-7-15(21)16(22)9-13/h3-10H,1-2H3/b18-10+. The maximum absolute atomic E-state index is 12.9. The molecule has 1 saturated heterocycles. The molecule has 0 N–H and O–H groups in total. The van der Waals surface area contributed by atoms with Crippen molar-refractivity contribution in [3.63, 3.8) is 0 Å². The summed E-state index contributed by atoms with van der Waals surface area (Å²) in [5, 5.41) is 2.45. The Morgan fingerprint density at radius 2 is 1.75 bits per heavy atom. The summed E-state index contributed by atoms with van der Waals surface area (Å²) in [5.74, 6) is 1.02. The molecule has 0 aliphatic carbocycles. The number of thioether (sulfide) groups is 1. The van der Waals surface area contributed by atoms with Crippen molar-refractivity contribution in [3.05, 3.63) is 74.6 Å². The maximum atomic E-state index is 12.9. The second-order valence-corrected chi connectivity index (χ2v) is 8.74. The van der Waals surface area contributed by atoms with E-state index in [0.717, 1.165) is 17.0 Å². The molecule has 0 bridgehead atoms. The summed E-state index contributed by atoms with van der Waals surface area (Å²) >= 11 is 18.7. The van der Waals surface area contributed by atoms with Crippen molar-refractivity contribution in [2.24, 2.45) is 0 Å². The fraction of sp³-hybridized carbons (Fsp3) is 0.100. The maximum Gasteiger partial charge on any atom is 0.285 e. The van der Waals surface area contributed by atoms with E-state index >= 15 is 0 Å². The average molecular weight is 449 g/mol. The summed E-state index contributed by atoms with van der Waals surface area (Å²) in [6.07, 6.45) is 1.70. The number of thiocarbonyl (C=S) groups is 1. The van der Waals surface area contributed by atoms with E-state index in [1.165, 1.54) is 16.8 Å². The molecule has 2 aromatic heterocycles. The van der Waals surface area contributed by atoms with Gasteiger partial charge in [0.05, 0.1) is 15.0 Å². The van der Waals surface area contributed by atoms with E-state index in [4.69, 9.17) is 39.8 Å². The van der Waals surface area contributed by atoms with E-state index in [2.05, 4.69) is 0 Å². The first kappa shape index (κ1) is 19.3. The van der Waals surface area contributed by atoms with Crippen LogP contribution in [0.15, 0.2) is 51.8 Å². The second-order valence-electron chi connectivity index (χ2n) is 6.25. The summed E-state index contributed by atoms with van der Waals surface area (Å²) in [5.41, 5.74) is 2.69. The highest BCUT2D eigenvalue weighted by Crippen LogP contribution is 2.34. The summed E-state index contributed by atoms with van der Waals surface area (Å²) in [7, 11) is 0. The normalized spacial score (nSPS) is 15.9. The lowest BCUT2D eigenvalue weighted by atomic mass is 10.2. The Labute approximate surface area is 181 Å². The Balaban J connectivity index is 1.63. The molecule has 1 aliphatic rings. The monoisotopic (exact) mass is 448 g/mol. The number of amides is 1. The molecule has 4 nitrogen and oxygen atoms in total. The number of aromatic nitrogens is 1. The highest BCUT2D eigenvalue weighted by Gasteiger charge is 2.35. The summed E-state index contributed by atoms with van der Waals surface area (Å²) in [4.78, 5) is 13.4. The van der Waals surface area contributed by atoms with Gasteiger partial charge in [0.15, 0.2) is 4.32 Å². The minimum absolute atomic E-state index is 0.176. The van der Waals surface area contributed by atoms with Crippen LogP contribution in [0.25, 0.3) is 17.4 Å². The zero-order valence-corrected chi connectivity index (χ0v) is 18.0. The first-order chi connectivity index (χ1) is 13.3. The number of benzene rings is 1. The number of hydrogen-bond donors (Lipinski definition) is 0. The summed E-state index contributed by atoms with van der Waals surface area (Å²) in [6, 6.07) is 12.8. The van der Waals surface area contributed by atoms with E-state index in [9.17, 15) is 4.79 Å². The van der Waals surface area contributed by atoms with Crippen LogP contribution in [0, 0.1) is 13.8 Å². The van der Waals surface area contributed by atoms with Gasteiger partial charge in [0.2, 0.25) is 0 Å². The van der Waals surface area contributed by atoms with Gasteiger partial charge in [0.25, 0.3) is 5.91 Å². The third-order valence-corrected chi connectivity index (χ3v) is 6.33. The highest BCUT2D eigenvalue weighted by molar-refractivity contribution is 8.27. The first-order valence-electron chi connectivity index (χ1n) is 8.33. The third-order valence-electron chi connectivity index (χ3n) is 4.31. The molecular formula is C20H14Cl2N2O2S2. The molecule has 1 amide bonds. The van der Waals surface area contributed by atoms with Gasteiger partial charge in [-0.2, -0.15) is 5.01 Å². The van der Waals surface area contributed by atoms with Gasteiger partial charge in [-0.15, -0.1) is 0 Å². The van der Waals surface area contributed by atoms with Crippen LogP contribution in [0.3, 0.4) is 0 Å². The Bertz CT molecular complexity index is 1130. The van der Waals surface area contributed by atoms with E-state index < -0.39 is 0 Å². The Hall–Kier alpha value is -1.99. The van der Waals surface area contributed by atoms with Gasteiger partial charge in [-0.3, -0.25) is 9.47 Å². The highest BCUT2D eigenvalue weighted by atomic mass is 35.5. The predicted molar refractivity (Wildman–Crippen MR) is 119 cm³/mol. The van der Waals surface area contributed by atoms with Crippen molar-refractivity contribution >= 4 is 63.5 Å². The molecule has 142 valence electrons. The van der Waals surface area contributed by atoms with Crippen LogP contribution in [0.4, 0.5) is 0 Å². The lowest BCUT2D eigenvalue weighted by Crippen LogP contribution is -2.39. The van der Waals surface area contributed by atoms with Crippen LogP contribution in [0.1, 0.15) is 17.1 Å². The molecule has 0 radical (unpaired) electrons. The molecule has 0 saturated carbocycles. The van der Waals surface area contributed by atoms with Crippen molar-refractivity contribution in [2.45, 2.75) is 13.8 Å². The van der Waals surface area contributed by atoms with E-state index in [1.807, 2.05) is 42.8 Å². The number of carbonyl (C=O) groups is 1. The molecule has 1 aromatic carbocycles. The van der Waals surface area contributed by atoms with Gasteiger partial charge in [-0.05, 0) is 68.5 Å². The number of furan rings is 1. The van der Waals surface area contributed by atoms with Crippen LogP contribution in [-0.4, -0.2) is 14.9 Å². The molecule has 0 unspecified atom stereocenters. The van der Waals surface area contributed by atoms with Gasteiger partial charge < -0.3 is 4.42 Å². The van der Waals surface area contributed by atoms with Crippen molar-refractivity contribution in [1.82, 2.24) is 4.68 Å². The quantitative estimate of drug-likeness (QED) is 0.352. The smallest absolute Gasteiger partial charge is 0.285 e. The first-order valence-corrected chi connectivity index (χ1v) is 10.3. The second kappa shape index (κ2) is 7.44. The summed E-state index contributed by atoms with van der Waals surface area (Å²) in [6.45, 7) is 3.87. The predicted octanol–water partition coefficient (Wildman–Crippen LogP) is 6.21. The van der Waals surface area contributed by atoms with Gasteiger partial charge >= 0.3 is 0 Å². The molecule has 1 fully saturated rings. The minimum atomic E-state index is -0.176. The number of hydrogen-bond acceptors (Lipinski definition) is 4. The number of rotatable bonds is 3. The van der Waals surface area contributed by atoms with Crippen molar-refractivity contribution in [1.29, 1.82) is 0 Å². The van der Waals surface area contributed by atoms with Crippen LogP contribution >= 0.6 is 47.2 Å². The fourth-order valence-electron chi connectivity index (χ4n) is 2.97. The van der Waals surface area contributed by atoms with Crippen LogP contribution in [0.5, 0.6) is 0 Å². The molecule has 8 heteroatoms. The van der Waals surface area contributed by atoms with Gasteiger partial charge in [-0.25, -0.2) is 0 Å². The van der Waals surface area contributed by atoms with Gasteiger partial charge in [0.1, 0.15) is 11.5 Å². The van der Waals surface area contributed by atoms with Crippen LogP contribution in [0.2, 0.25) is 10.0 Å². The lowest BCUT2D eigenvalue weighted by Gasteiger charge is -2.20. The SMILES string of the molecule is Cc1ccc(C)n1N1C(=O)/C(=C\c2ccc(-c3ccc(Cl)c(Cl)c3)o2)SC1=S.